The largest absolute Gasteiger partial charge is 0.478 e. The molecule has 4 heteroatoms. The molecule has 110 valence electrons. The quantitative estimate of drug-likeness (QED) is 0.661. The summed E-state index contributed by atoms with van der Waals surface area (Å²) in [5.41, 5.74) is -0.913. The SMILES string of the molecule is CC1(C)CC(=O)c2ccccc2C1(O)/C=C/C=C\C(=O)O. The van der Waals surface area contributed by atoms with Crippen molar-refractivity contribution >= 4 is 11.8 Å². The van der Waals surface area contributed by atoms with Gasteiger partial charge < -0.3 is 10.2 Å². The van der Waals surface area contributed by atoms with Crippen molar-refractivity contribution in [2.24, 2.45) is 5.41 Å². The predicted molar refractivity (Wildman–Crippen MR) is 79.0 cm³/mol. The molecule has 0 aromatic heterocycles. The van der Waals surface area contributed by atoms with E-state index < -0.39 is 17.0 Å². The van der Waals surface area contributed by atoms with Crippen LogP contribution < -0.4 is 0 Å². The van der Waals surface area contributed by atoms with Gasteiger partial charge in [0.1, 0.15) is 5.60 Å². The minimum atomic E-state index is -1.32. The molecule has 0 radical (unpaired) electrons. The van der Waals surface area contributed by atoms with Gasteiger partial charge in [-0.3, -0.25) is 4.79 Å². The van der Waals surface area contributed by atoms with Crippen molar-refractivity contribution in [1.82, 2.24) is 0 Å². The number of hydrogen-bond donors (Lipinski definition) is 2. The van der Waals surface area contributed by atoms with Gasteiger partial charge in [-0.1, -0.05) is 50.3 Å². The maximum Gasteiger partial charge on any atom is 0.328 e. The molecule has 0 saturated heterocycles. The summed E-state index contributed by atoms with van der Waals surface area (Å²) < 4.78 is 0. The van der Waals surface area contributed by atoms with Crippen LogP contribution in [0, 0.1) is 5.41 Å². The molecule has 21 heavy (non-hydrogen) atoms. The molecule has 1 aromatic carbocycles. The predicted octanol–water partition coefficient (Wildman–Crippen LogP) is 2.68. The van der Waals surface area contributed by atoms with Crippen molar-refractivity contribution < 1.29 is 19.8 Å². The van der Waals surface area contributed by atoms with E-state index in [9.17, 15) is 14.7 Å². The van der Waals surface area contributed by atoms with E-state index in [1.807, 2.05) is 13.8 Å². The number of rotatable bonds is 3. The summed E-state index contributed by atoms with van der Waals surface area (Å²) in [6.07, 6.45) is 5.63. The zero-order valence-corrected chi connectivity index (χ0v) is 12.0. The van der Waals surface area contributed by atoms with Crippen molar-refractivity contribution in [3.63, 3.8) is 0 Å². The first-order chi connectivity index (χ1) is 9.78. The van der Waals surface area contributed by atoms with Crippen LogP contribution in [0.15, 0.2) is 48.6 Å². The molecule has 0 fully saturated rings. The van der Waals surface area contributed by atoms with Gasteiger partial charge in [0.05, 0.1) is 0 Å². The summed E-state index contributed by atoms with van der Waals surface area (Å²) in [5.74, 6) is -1.04. The Hall–Kier alpha value is -2.20. The molecule has 4 nitrogen and oxygen atoms in total. The lowest BCUT2D eigenvalue weighted by Gasteiger charge is -2.45. The molecule has 1 aliphatic rings. The van der Waals surface area contributed by atoms with E-state index >= 15 is 0 Å². The summed E-state index contributed by atoms with van der Waals surface area (Å²) in [6.45, 7) is 3.65. The summed E-state index contributed by atoms with van der Waals surface area (Å²) in [4.78, 5) is 22.7. The topological polar surface area (TPSA) is 74.6 Å². The lowest BCUT2D eigenvalue weighted by atomic mass is 9.62. The summed E-state index contributed by atoms with van der Waals surface area (Å²) in [5, 5.41) is 19.7. The zero-order chi connectivity index (χ0) is 15.7. The van der Waals surface area contributed by atoms with Crippen LogP contribution in [-0.4, -0.2) is 22.0 Å². The first kappa shape index (κ1) is 15.2. The van der Waals surface area contributed by atoms with Gasteiger partial charge in [-0.2, -0.15) is 0 Å². The Morgan fingerprint density at radius 3 is 2.57 bits per heavy atom. The van der Waals surface area contributed by atoms with E-state index in [1.165, 1.54) is 12.2 Å². The van der Waals surface area contributed by atoms with E-state index in [1.54, 1.807) is 30.3 Å². The average molecular weight is 286 g/mol. The minimum absolute atomic E-state index is 0.00903. The number of ketones is 1. The van der Waals surface area contributed by atoms with E-state index in [-0.39, 0.29) is 12.2 Å². The average Bonchev–Trinajstić information content (AvgIpc) is 2.41. The number of carbonyl (C=O) groups is 2. The monoisotopic (exact) mass is 286 g/mol. The van der Waals surface area contributed by atoms with Crippen LogP contribution >= 0.6 is 0 Å². The number of Topliss-reactive ketones (excluding diaryl/α,β-unsaturated/α-hetero) is 1. The highest BCUT2D eigenvalue weighted by Crippen LogP contribution is 2.48. The third-order valence-corrected chi connectivity index (χ3v) is 3.96. The maximum atomic E-state index is 12.2. The molecule has 0 heterocycles. The number of aliphatic hydroxyl groups is 1. The molecule has 1 aliphatic carbocycles. The fraction of sp³-hybridized carbons (Fsp3) is 0.294. The Labute approximate surface area is 123 Å². The van der Waals surface area contributed by atoms with Crippen LogP contribution in [0.3, 0.4) is 0 Å². The maximum absolute atomic E-state index is 12.2. The minimum Gasteiger partial charge on any atom is -0.478 e. The number of carboxylic acids is 1. The van der Waals surface area contributed by atoms with Crippen LogP contribution in [0.1, 0.15) is 36.2 Å². The fourth-order valence-electron chi connectivity index (χ4n) is 2.70. The highest BCUT2D eigenvalue weighted by Gasteiger charge is 2.49. The highest BCUT2D eigenvalue weighted by atomic mass is 16.4. The number of hydrogen-bond acceptors (Lipinski definition) is 3. The molecule has 1 unspecified atom stereocenters. The normalized spacial score (nSPS) is 24.4. The van der Waals surface area contributed by atoms with Crippen molar-refractivity contribution in [1.29, 1.82) is 0 Å². The second-order valence-electron chi connectivity index (χ2n) is 5.85. The van der Waals surface area contributed by atoms with E-state index in [2.05, 4.69) is 0 Å². The first-order valence-corrected chi connectivity index (χ1v) is 6.72. The molecule has 1 aromatic rings. The molecule has 0 amide bonds. The van der Waals surface area contributed by atoms with Gasteiger partial charge in [0.15, 0.2) is 5.78 Å². The van der Waals surface area contributed by atoms with Gasteiger partial charge in [-0.15, -0.1) is 0 Å². The van der Waals surface area contributed by atoms with Crippen LogP contribution in [0.2, 0.25) is 0 Å². The molecular weight excluding hydrogens is 268 g/mol. The summed E-state index contributed by atoms with van der Waals surface area (Å²) in [6, 6.07) is 6.99. The number of carbonyl (C=O) groups excluding carboxylic acids is 1. The van der Waals surface area contributed by atoms with E-state index in [4.69, 9.17) is 5.11 Å². The Kier molecular flexibility index (Phi) is 3.83. The van der Waals surface area contributed by atoms with Gasteiger partial charge in [0.25, 0.3) is 0 Å². The summed E-state index contributed by atoms with van der Waals surface area (Å²) >= 11 is 0. The van der Waals surface area contributed by atoms with Gasteiger partial charge in [-0.25, -0.2) is 4.79 Å². The van der Waals surface area contributed by atoms with Gasteiger partial charge in [-0.05, 0) is 11.6 Å². The fourth-order valence-corrected chi connectivity index (χ4v) is 2.70. The van der Waals surface area contributed by atoms with E-state index in [0.717, 1.165) is 6.08 Å². The lowest BCUT2D eigenvalue weighted by molar-refractivity contribution is -0.131. The van der Waals surface area contributed by atoms with Crippen molar-refractivity contribution in [3.8, 4) is 0 Å². The van der Waals surface area contributed by atoms with E-state index in [0.29, 0.717) is 11.1 Å². The zero-order valence-electron chi connectivity index (χ0n) is 12.0. The molecule has 2 rings (SSSR count). The van der Waals surface area contributed by atoms with Crippen LogP contribution in [0.25, 0.3) is 0 Å². The number of benzene rings is 1. The third-order valence-electron chi connectivity index (χ3n) is 3.96. The first-order valence-electron chi connectivity index (χ1n) is 6.72. The standard InChI is InChI=1S/C17H18O4/c1-16(2)11-14(18)12-7-3-4-8-13(12)17(16,21)10-6-5-9-15(19)20/h3-10,21H,11H2,1-2H3,(H,19,20)/b9-5-,10-6+. The molecular formula is C17H18O4. The molecule has 2 N–H and O–H groups in total. The number of aliphatic carboxylic acids is 1. The molecule has 0 aliphatic heterocycles. The lowest BCUT2D eigenvalue weighted by Crippen LogP contribution is -2.46. The van der Waals surface area contributed by atoms with Crippen LogP contribution in [0.4, 0.5) is 0 Å². The molecule has 0 bridgehead atoms. The molecule has 0 saturated carbocycles. The Balaban J connectivity index is 2.50. The number of carboxylic acid groups (broad SMARTS) is 1. The molecule has 0 spiro atoms. The second-order valence-corrected chi connectivity index (χ2v) is 5.85. The van der Waals surface area contributed by atoms with Crippen LogP contribution in [0.5, 0.6) is 0 Å². The van der Waals surface area contributed by atoms with Crippen molar-refractivity contribution in [2.75, 3.05) is 0 Å². The Morgan fingerprint density at radius 1 is 1.24 bits per heavy atom. The smallest absolute Gasteiger partial charge is 0.328 e. The number of fused-ring (bicyclic) bond motifs is 1. The Bertz CT molecular complexity index is 640. The van der Waals surface area contributed by atoms with Gasteiger partial charge in [0, 0.05) is 23.5 Å². The van der Waals surface area contributed by atoms with Crippen molar-refractivity contribution in [2.45, 2.75) is 25.9 Å². The highest BCUT2D eigenvalue weighted by molar-refractivity contribution is 5.99. The van der Waals surface area contributed by atoms with Crippen LogP contribution in [-0.2, 0) is 10.4 Å². The third kappa shape index (κ3) is 2.67. The Morgan fingerprint density at radius 2 is 1.90 bits per heavy atom. The second kappa shape index (κ2) is 5.30. The molecule has 1 atom stereocenters. The van der Waals surface area contributed by atoms with Gasteiger partial charge in [0.2, 0.25) is 0 Å². The van der Waals surface area contributed by atoms with Gasteiger partial charge >= 0.3 is 5.97 Å². The van der Waals surface area contributed by atoms with Crippen molar-refractivity contribution in [3.05, 3.63) is 59.7 Å². The number of allylic oxidation sites excluding steroid dienone is 2. The summed E-state index contributed by atoms with van der Waals surface area (Å²) in [7, 11) is 0.